The number of ketones is 1. The van der Waals surface area contributed by atoms with Crippen LogP contribution in [-0.2, 0) is 23.0 Å². The van der Waals surface area contributed by atoms with Gasteiger partial charge in [-0.1, -0.05) is 0 Å². The van der Waals surface area contributed by atoms with Crippen LogP contribution in [0.2, 0.25) is 0 Å². The fourth-order valence-electron chi connectivity index (χ4n) is 4.85. The van der Waals surface area contributed by atoms with Crippen molar-refractivity contribution in [2.24, 2.45) is 13.0 Å². The van der Waals surface area contributed by atoms with Crippen molar-refractivity contribution in [2.45, 2.75) is 38.1 Å². The molecule has 2 saturated heterocycles. The van der Waals surface area contributed by atoms with Crippen LogP contribution in [0.5, 0.6) is 0 Å². The highest BCUT2D eigenvalue weighted by Gasteiger charge is 2.29. The second-order valence-electron chi connectivity index (χ2n) is 8.79. The van der Waals surface area contributed by atoms with Gasteiger partial charge in [0, 0.05) is 73.9 Å². The summed E-state index contributed by atoms with van der Waals surface area (Å²) in [6, 6.07) is 4.72. The van der Waals surface area contributed by atoms with Gasteiger partial charge in [-0.15, -0.1) is 0 Å². The fourth-order valence-corrected chi connectivity index (χ4v) is 4.85. The Labute approximate surface area is 182 Å². The molecule has 5 rings (SSSR count). The number of rotatable bonds is 5. The normalized spacial score (nSPS) is 19.1. The molecule has 162 valence electrons. The first kappa shape index (κ1) is 20.3. The van der Waals surface area contributed by atoms with Crippen molar-refractivity contribution in [2.75, 3.05) is 26.3 Å². The summed E-state index contributed by atoms with van der Waals surface area (Å²) in [5.74, 6) is 0.469. The molecule has 0 unspecified atom stereocenters. The zero-order valence-electron chi connectivity index (χ0n) is 18.0. The lowest BCUT2D eigenvalue weighted by Gasteiger charge is -2.38. The van der Waals surface area contributed by atoms with Crippen LogP contribution < -0.4 is 0 Å². The van der Waals surface area contributed by atoms with Crippen molar-refractivity contribution in [1.29, 1.82) is 0 Å². The molecule has 0 bridgehead atoms. The van der Waals surface area contributed by atoms with Gasteiger partial charge in [-0.2, -0.15) is 5.10 Å². The number of aryl methyl sites for hydroxylation is 1. The van der Waals surface area contributed by atoms with Crippen molar-refractivity contribution in [1.82, 2.24) is 24.6 Å². The molecule has 2 fully saturated rings. The summed E-state index contributed by atoms with van der Waals surface area (Å²) in [7, 11) is 1.90. The molecule has 3 aromatic rings. The van der Waals surface area contributed by atoms with Gasteiger partial charge < -0.3 is 9.64 Å². The van der Waals surface area contributed by atoms with E-state index in [1.165, 1.54) is 0 Å². The topological polar surface area (TPSA) is 73.1 Å². The first-order valence-corrected chi connectivity index (χ1v) is 11.2. The summed E-state index contributed by atoms with van der Waals surface area (Å²) in [6.07, 6.45) is 12.0. The summed E-state index contributed by atoms with van der Waals surface area (Å²) in [4.78, 5) is 24.6. The maximum atomic E-state index is 13.0. The molecule has 31 heavy (non-hydrogen) atoms. The molecule has 5 heterocycles. The van der Waals surface area contributed by atoms with E-state index in [1.54, 1.807) is 4.68 Å². The summed E-state index contributed by atoms with van der Waals surface area (Å²) in [6.45, 7) is 3.78. The molecule has 7 nitrogen and oxygen atoms in total. The van der Waals surface area contributed by atoms with Crippen molar-refractivity contribution >= 4 is 16.6 Å². The number of piperidine rings is 1. The number of hydrogen-bond acceptors (Lipinski definition) is 6. The van der Waals surface area contributed by atoms with Crippen molar-refractivity contribution in [3.05, 3.63) is 42.6 Å². The van der Waals surface area contributed by atoms with Gasteiger partial charge in [0.15, 0.2) is 0 Å². The Balaban J connectivity index is 1.24. The maximum absolute atomic E-state index is 13.0. The van der Waals surface area contributed by atoms with Gasteiger partial charge in [-0.25, -0.2) is 0 Å². The fraction of sp³-hybridized carbons (Fsp3) is 0.500. The molecule has 2 aliphatic heterocycles. The van der Waals surface area contributed by atoms with Gasteiger partial charge >= 0.3 is 0 Å². The Morgan fingerprint density at radius 1 is 1.03 bits per heavy atom. The lowest BCUT2D eigenvalue weighted by Crippen LogP contribution is -2.45. The van der Waals surface area contributed by atoms with Crippen molar-refractivity contribution in [3.63, 3.8) is 0 Å². The number of pyridine rings is 2. The van der Waals surface area contributed by atoms with E-state index in [0.29, 0.717) is 18.2 Å². The van der Waals surface area contributed by atoms with E-state index in [2.05, 4.69) is 20.0 Å². The molecule has 0 aliphatic carbocycles. The lowest BCUT2D eigenvalue weighted by molar-refractivity contribution is -0.124. The quantitative estimate of drug-likeness (QED) is 0.633. The lowest BCUT2D eigenvalue weighted by atomic mass is 9.89. The second kappa shape index (κ2) is 8.85. The van der Waals surface area contributed by atoms with E-state index >= 15 is 0 Å². The predicted octanol–water partition coefficient (Wildman–Crippen LogP) is 3.03. The zero-order valence-corrected chi connectivity index (χ0v) is 18.0. The molecule has 2 aliphatic rings. The molecule has 0 amide bonds. The number of nitrogens with zero attached hydrogens (tertiary/aromatic N) is 5. The highest BCUT2D eigenvalue weighted by molar-refractivity contribution is 5.87. The Morgan fingerprint density at radius 2 is 1.81 bits per heavy atom. The van der Waals surface area contributed by atoms with E-state index in [4.69, 9.17) is 4.74 Å². The summed E-state index contributed by atoms with van der Waals surface area (Å²) < 4.78 is 7.25. The number of aromatic nitrogens is 4. The van der Waals surface area contributed by atoms with Crippen LogP contribution in [0.4, 0.5) is 0 Å². The minimum absolute atomic E-state index is 0.150. The highest BCUT2D eigenvalue weighted by atomic mass is 16.5. The molecule has 0 saturated carbocycles. The molecule has 0 atom stereocenters. The van der Waals surface area contributed by atoms with E-state index < -0.39 is 0 Å². The van der Waals surface area contributed by atoms with Gasteiger partial charge in [0.2, 0.25) is 0 Å². The monoisotopic (exact) mass is 419 g/mol. The minimum Gasteiger partial charge on any atom is -0.381 e. The molecular weight excluding hydrogens is 390 g/mol. The number of fused-ring (bicyclic) bond motifs is 1. The largest absolute Gasteiger partial charge is 0.381 e. The van der Waals surface area contributed by atoms with Crippen LogP contribution in [0, 0.1) is 5.92 Å². The van der Waals surface area contributed by atoms with Crippen LogP contribution in [-0.4, -0.2) is 62.8 Å². The standard InChI is InChI=1S/C24H29N5O2/c1-28-16-20(15-27-28)23-11-18-10-21(25-13-19(18)14-26-23)12-24(30)17-2-6-29(7-3-17)22-4-8-31-9-5-22/h10-11,13-17,22H,2-9,12H2,1H3. The third-order valence-electron chi connectivity index (χ3n) is 6.71. The average molecular weight is 420 g/mol. The number of Topliss-reactive ketones (excluding diaryl/α,β-unsaturated/α-hetero) is 1. The van der Waals surface area contributed by atoms with E-state index in [0.717, 1.165) is 79.7 Å². The summed E-state index contributed by atoms with van der Waals surface area (Å²) >= 11 is 0. The van der Waals surface area contributed by atoms with Crippen LogP contribution in [0.25, 0.3) is 22.0 Å². The molecule has 3 aromatic heterocycles. The number of ether oxygens (including phenoxy) is 1. The van der Waals surface area contributed by atoms with E-state index in [9.17, 15) is 4.79 Å². The van der Waals surface area contributed by atoms with Crippen molar-refractivity contribution in [3.8, 4) is 11.3 Å². The number of hydrogen-bond donors (Lipinski definition) is 0. The first-order chi connectivity index (χ1) is 15.2. The van der Waals surface area contributed by atoms with Crippen LogP contribution >= 0.6 is 0 Å². The molecule has 0 N–H and O–H groups in total. The average Bonchev–Trinajstić information content (AvgIpc) is 3.25. The van der Waals surface area contributed by atoms with Crippen LogP contribution in [0.15, 0.2) is 36.9 Å². The van der Waals surface area contributed by atoms with Gasteiger partial charge in [-0.05, 0) is 56.3 Å². The number of likely N-dealkylation sites (tertiary alicyclic amines) is 1. The minimum atomic E-state index is 0.150. The Morgan fingerprint density at radius 3 is 2.55 bits per heavy atom. The molecule has 7 heteroatoms. The van der Waals surface area contributed by atoms with Crippen LogP contribution in [0.1, 0.15) is 31.4 Å². The first-order valence-electron chi connectivity index (χ1n) is 11.2. The Hall–Kier alpha value is -2.64. The molecule has 0 aromatic carbocycles. The maximum Gasteiger partial charge on any atom is 0.142 e. The van der Waals surface area contributed by atoms with Crippen molar-refractivity contribution < 1.29 is 9.53 Å². The van der Waals surface area contributed by atoms with E-state index in [-0.39, 0.29) is 5.92 Å². The number of carbonyl (C=O) groups excluding carboxylic acids is 1. The summed E-state index contributed by atoms with van der Waals surface area (Å²) in [5, 5.41) is 6.26. The van der Waals surface area contributed by atoms with Gasteiger partial charge in [0.25, 0.3) is 0 Å². The van der Waals surface area contributed by atoms with E-state index in [1.807, 2.05) is 44.0 Å². The SMILES string of the molecule is Cn1cc(-c2cc3cc(CC(=O)C4CCN(C5CCOCC5)CC4)ncc3cn2)cn1. The van der Waals surface area contributed by atoms with Gasteiger partial charge in [0.1, 0.15) is 5.78 Å². The predicted molar refractivity (Wildman–Crippen MR) is 119 cm³/mol. The third-order valence-corrected chi connectivity index (χ3v) is 6.71. The highest BCUT2D eigenvalue weighted by Crippen LogP contribution is 2.26. The second-order valence-corrected chi connectivity index (χ2v) is 8.79. The van der Waals surface area contributed by atoms with Gasteiger partial charge in [-0.3, -0.25) is 19.4 Å². The third kappa shape index (κ3) is 4.52. The summed E-state index contributed by atoms with van der Waals surface area (Å²) in [5.41, 5.74) is 2.70. The smallest absolute Gasteiger partial charge is 0.142 e. The molecule has 0 spiro atoms. The van der Waals surface area contributed by atoms with Gasteiger partial charge in [0.05, 0.1) is 11.9 Å². The Kier molecular flexibility index (Phi) is 5.78. The molecule has 0 radical (unpaired) electrons. The Bertz CT molecular complexity index is 1060. The number of carbonyl (C=O) groups is 1. The zero-order chi connectivity index (χ0) is 21.2. The molecular formula is C24H29N5O2. The van der Waals surface area contributed by atoms with Crippen LogP contribution in [0.3, 0.4) is 0 Å².